The molecule has 8 heteroatoms. The van der Waals surface area contributed by atoms with Gasteiger partial charge in [-0.05, 0) is 74.2 Å². The summed E-state index contributed by atoms with van der Waals surface area (Å²) in [5.74, 6) is -0.200. The number of allylic oxidation sites excluding steroid dienone is 1. The molecule has 0 heterocycles. The number of hydrogen-bond acceptors (Lipinski definition) is 6. The molecule has 0 aromatic rings. The van der Waals surface area contributed by atoms with Gasteiger partial charge in [-0.3, -0.25) is 14.4 Å². The smallest absolute Gasteiger partial charge is 0.303 e. The van der Waals surface area contributed by atoms with E-state index in [1.165, 1.54) is 5.57 Å². The minimum atomic E-state index is -1.54. The van der Waals surface area contributed by atoms with Gasteiger partial charge in [-0.15, -0.1) is 11.6 Å². The average molecular weight is 485 g/mol. The van der Waals surface area contributed by atoms with Crippen molar-refractivity contribution in [1.82, 2.24) is 0 Å². The molecule has 0 aliphatic heterocycles. The summed E-state index contributed by atoms with van der Waals surface area (Å²) in [5, 5.41) is 39.7. The molecule has 0 amide bonds. The molecule has 4 rings (SSSR count). The lowest BCUT2D eigenvalue weighted by molar-refractivity contribution is -0.182. The van der Waals surface area contributed by atoms with Gasteiger partial charge in [-0.25, -0.2) is 0 Å². The van der Waals surface area contributed by atoms with Gasteiger partial charge < -0.3 is 20.4 Å². The van der Waals surface area contributed by atoms with E-state index >= 15 is 0 Å². The van der Waals surface area contributed by atoms with Gasteiger partial charge >= 0.3 is 5.97 Å². The van der Waals surface area contributed by atoms with Crippen LogP contribution in [0, 0.1) is 28.6 Å². The Balaban J connectivity index is 0.000000383. The van der Waals surface area contributed by atoms with E-state index in [0.29, 0.717) is 31.6 Å². The molecule has 3 saturated carbocycles. The van der Waals surface area contributed by atoms with Gasteiger partial charge in [-0.2, -0.15) is 0 Å². The molecule has 4 aliphatic carbocycles. The monoisotopic (exact) mass is 484 g/mol. The lowest BCUT2D eigenvalue weighted by Crippen LogP contribution is -2.62. The fourth-order valence-electron chi connectivity index (χ4n) is 7.50. The fourth-order valence-corrected chi connectivity index (χ4v) is 7.63. The summed E-state index contributed by atoms with van der Waals surface area (Å²) >= 11 is 5.18. The van der Waals surface area contributed by atoms with Gasteiger partial charge in [0.25, 0.3) is 0 Å². The Bertz CT molecular complexity index is 826. The highest BCUT2D eigenvalue weighted by Crippen LogP contribution is 2.67. The summed E-state index contributed by atoms with van der Waals surface area (Å²) in [7, 11) is 0. The maximum atomic E-state index is 12.4. The highest BCUT2D eigenvalue weighted by molar-refractivity contribution is 6.17. The highest BCUT2D eigenvalue weighted by Gasteiger charge is 2.68. The summed E-state index contributed by atoms with van der Waals surface area (Å²) in [4.78, 5) is 34.0. The van der Waals surface area contributed by atoms with Gasteiger partial charge in [0, 0.05) is 24.1 Å². The Morgan fingerprint density at radius 1 is 1.18 bits per heavy atom. The molecule has 0 radical (unpaired) electrons. The van der Waals surface area contributed by atoms with E-state index in [4.69, 9.17) is 16.7 Å². The van der Waals surface area contributed by atoms with Crippen molar-refractivity contribution in [2.45, 2.75) is 83.3 Å². The first kappa shape index (κ1) is 26.3. The number of ketones is 2. The molecule has 0 spiro atoms. The van der Waals surface area contributed by atoms with Crippen LogP contribution in [-0.2, 0) is 14.4 Å². The molecule has 3 fully saturated rings. The summed E-state index contributed by atoms with van der Waals surface area (Å²) in [5.41, 5.74) is -1.23. The van der Waals surface area contributed by atoms with Crippen LogP contribution in [0.5, 0.6) is 0 Å². The summed E-state index contributed by atoms with van der Waals surface area (Å²) < 4.78 is 0. The van der Waals surface area contributed by atoms with Gasteiger partial charge in [0.05, 0.1) is 6.10 Å². The molecule has 0 bridgehead atoms. The standard InChI is InChI=1S/C21H30O5.C4H7ClO2/c1-19-7-5-13(23)9-12(19)3-4-14-15-6-8-21(26,17(25)11-22)20(15,2)10-16(24)18(14)19;5-3-1-2-4(6)7/h9,14-16,18,22,24,26H,3-8,10-11H2,1-2H3;1-3H2,(H,6,7)/t14-,15-,16-,18+,19-,20-,21-;/m0./s1. The molecular weight excluding hydrogens is 448 g/mol. The summed E-state index contributed by atoms with van der Waals surface area (Å²) in [6.07, 6.45) is 6.49. The maximum absolute atomic E-state index is 12.4. The topological polar surface area (TPSA) is 132 Å². The van der Waals surface area contributed by atoms with E-state index in [-0.39, 0.29) is 35.4 Å². The fraction of sp³-hybridized carbons (Fsp3) is 0.800. The quantitative estimate of drug-likeness (QED) is 0.441. The molecule has 0 aromatic heterocycles. The first-order valence-corrected chi connectivity index (χ1v) is 12.5. The first-order valence-electron chi connectivity index (χ1n) is 12.0. The van der Waals surface area contributed by atoms with Crippen molar-refractivity contribution in [2.24, 2.45) is 28.6 Å². The van der Waals surface area contributed by atoms with Crippen LogP contribution in [-0.4, -0.2) is 62.2 Å². The predicted octanol–water partition coefficient (Wildman–Crippen LogP) is 2.87. The van der Waals surface area contributed by atoms with Crippen molar-refractivity contribution in [3.63, 3.8) is 0 Å². The number of rotatable bonds is 5. The third-order valence-corrected chi connectivity index (χ3v) is 9.44. The van der Waals surface area contributed by atoms with Crippen molar-refractivity contribution >= 4 is 29.1 Å². The zero-order chi connectivity index (χ0) is 24.6. The van der Waals surface area contributed by atoms with E-state index in [9.17, 15) is 29.7 Å². The molecule has 7 atom stereocenters. The first-order chi connectivity index (χ1) is 15.4. The van der Waals surface area contributed by atoms with E-state index in [0.717, 1.165) is 25.7 Å². The largest absolute Gasteiger partial charge is 0.481 e. The number of Topliss-reactive ketones (excluding diaryl/α,β-unsaturated/α-hetero) is 1. The normalized spacial score (nSPS) is 41.6. The van der Waals surface area contributed by atoms with Crippen LogP contribution < -0.4 is 0 Å². The molecule has 4 aliphatic rings. The van der Waals surface area contributed by atoms with E-state index in [2.05, 4.69) is 6.92 Å². The number of aliphatic carboxylic acids is 1. The second-order valence-electron chi connectivity index (χ2n) is 10.7. The third-order valence-electron chi connectivity index (χ3n) is 9.18. The number of hydrogen-bond donors (Lipinski definition) is 4. The molecule has 7 nitrogen and oxygen atoms in total. The zero-order valence-electron chi connectivity index (χ0n) is 19.6. The SMILES string of the molecule is C[C@]12CCC(=O)C=C1CC[C@@H]1[C@@H]2[C@@H](O)C[C@@]2(C)[C@H]1CC[C@]2(O)C(=O)CO.O=C(O)CCCCl. The number of aliphatic hydroxyl groups is 3. The second-order valence-corrected chi connectivity index (χ2v) is 11.1. The number of carboxylic acids is 1. The Hall–Kier alpha value is -1.28. The molecular formula is C25H37ClO7. The Morgan fingerprint density at radius 3 is 2.45 bits per heavy atom. The third kappa shape index (κ3) is 4.42. The van der Waals surface area contributed by atoms with Crippen LogP contribution in [0.4, 0.5) is 0 Å². The van der Waals surface area contributed by atoms with Gasteiger partial charge in [0.15, 0.2) is 11.6 Å². The van der Waals surface area contributed by atoms with E-state index in [1.54, 1.807) is 6.08 Å². The van der Waals surface area contributed by atoms with Crippen LogP contribution in [0.2, 0.25) is 0 Å². The number of carboxylic acid groups (broad SMARTS) is 1. The highest BCUT2D eigenvalue weighted by atomic mass is 35.5. The Labute approximate surface area is 200 Å². The zero-order valence-corrected chi connectivity index (χ0v) is 20.3. The summed E-state index contributed by atoms with van der Waals surface area (Å²) in [6.45, 7) is 3.46. The summed E-state index contributed by atoms with van der Waals surface area (Å²) in [6, 6.07) is 0. The molecule has 186 valence electrons. The number of carbonyl (C=O) groups is 3. The van der Waals surface area contributed by atoms with Crippen LogP contribution in [0.15, 0.2) is 11.6 Å². The van der Waals surface area contributed by atoms with Crippen molar-refractivity contribution in [1.29, 1.82) is 0 Å². The number of aliphatic hydroxyl groups excluding tert-OH is 2. The van der Waals surface area contributed by atoms with Crippen LogP contribution in [0.3, 0.4) is 0 Å². The van der Waals surface area contributed by atoms with Crippen molar-refractivity contribution in [3.05, 3.63) is 11.6 Å². The number of halogens is 1. The van der Waals surface area contributed by atoms with Gasteiger partial charge in [0.2, 0.25) is 0 Å². The molecule has 0 unspecified atom stereocenters. The van der Waals surface area contributed by atoms with Crippen molar-refractivity contribution in [3.8, 4) is 0 Å². The molecule has 0 aromatic carbocycles. The molecule has 4 N–H and O–H groups in total. The van der Waals surface area contributed by atoms with Crippen molar-refractivity contribution < 1.29 is 34.8 Å². The number of fused-ring (bicyclic) bond motifs is 5. The second kappa shape index (κ2) is 9.76. The Morgan fingerprint density at radius 2 is 1.88 bits per heavy atom. The Kier molecular flexibility index (Phi) is 7.79. The molecule has 0 saturated heterocycles. The van der Waals surface area contributed by atoms with Crippen LogP contribution in [0.1, 0.15) is 71.6 Å². The lowest BCUT2D eigenvalue weighted by Gasteiger charge is -2.60. The minimum absolute atomic E-state index is 0.0697. The lowest BCUT2D eigenvalue weighted by atomic mass is 9.45. The van der Waals surface area contributed by atoms with Crippen LogP contribution in [0.25, 0.3) is 0 Å². The van der Waals surface area contributed by atoms with Gasteiger partial charge in [0.1, 0.15) is 12.2 Å². The number of carbonyl (C=O) groups excluding carboxylic acids is 2. The maximum Gasteiger partial charge on any atom is 0.303 e. The molecule has 33 heavy (non-hydrogen) atoms. The van der Waals surface area contributed by atoms with E-state index < -0.39 is 35.5 Å². The van der Waals surface area contributed by atoms with Crippen LogP contribution >= 0.6 is 11.6 Å². The van der Waals surface area contributed by atoms with E-state index in [1.807, 2.05) is 6.92 Å². The minimum Gasteiger partial charge on any atom is -0.481 e. The average Bonchev–Trinajstić information content (AvgIpc) is 3.03. The number of alkyl halides is 1. The van der Waals surface area contributed by atoms with Crippen molar-refractivity contribution in [2.75, 3.05) is 12.5 Å². The van der Waals surface area contributed by atoms with Gasteiger partial charge in [-0.1, -0.05) is 19.4 Å². The predicted molar refractivity (Wildman–Crippen MR) is 123 cm³/mol.